The molecule has 0 saturated carbocycles. The van der Waals surface area contributed by atoms with E-state index in [2.05, 4.69) is 121 Å². The first kappa shape index (κ1) is 31.5. The number of allylic oxidation sites excluding steroid dienone is 4. The smallest absolute Gasteiger partial charge is 0.0253 e. The maximum absolute atomic E-state index is 5.84. The van der Waals surface area contributed by atoms with Crippen molar-refractivity contribution >= 4 is 30.6 Å². The molecule has 0 N–H and O–H groups in total. The summed E-state index contributed by atoms with van der Waals surface area (Å²) in [7, 11) is 0. The summed E-state index contributed by atoms with van der Waals surface area (Å²) in [6.07, 6.45) is 6.76. The Hall–Kier alpha value is -2.44. The van der Waals surface area contributed by atoms with Gasteiger partial charge in [0.15, 0.2) is 0 Å². The van der Waals surface area contributed by atoms with E-state index < -0.39 is 22.3 Å². The molecule has 208 valence electrons. The molecule has 0 radical (unpaired) electrons. The predicted molar refractivity (Wildman–Crippen MR) is 176 cm³/mol. The third kappa shape index (κ3) is 9.28. The molecule has 0 aromatic heterocycles. The number of halogens is 2. The van der Waals surface area contributed by atoms with Gasteiger partial charge < -0.3 is 0 Å². The van der Waals surface area contributed by atoms with Gasteiger partial charge >= 0.3 is 123 Å². The van der Waals surface area contributed by atoms with Gasteiger partial charge in [-0.2, -0.15) is 41.5 Å². The first-order chi connectivity index (χ1) is 19.6. The molecule has 4 aromatic carbocycles. The second-order valence-electron chi connectivity index (χ2n) is 11.3. The maximum atomic E-state index is 5.84. The number of rotatable bonds is 2. The molecule has 0 spiro atoms. The van der Waals surface area contributed by atoms with Gasteiger partial charge in [0.25, 0.3) is 0 Å². The Kier molecular flexibility index (Phi) is 11.2. The van der Waals surface area contributed by atoms with Crippen LogP contribution in [0.25, 0.3) is 11.1 Å². The van der Waals surface area contributed by atoms with Gasteiger partial charge in [0.05, 0.1) is 0 Å². The molecule has 0 heterocycles. The molecule has 0 aliphatic heterocycles. The summed E-state index contributed by atoms with van der Waals surface area (Å²) in [6, 6.07) is 34.0. The second kappa shape index (κ2) is 14.6. The molecule has 0 bridgehead atoms. The van der Waals surface area contributed by atoms with E-state index in [9.17, 15) is 0 Å². The van der Waals surface area contributed by atoms with Crippen LogP contribution >= 0.6 is 23.2 Å². The second-order valence-corrected chi connectivity index (χ2v) is 14.5. The topological polar surface area (TPSA) is 0 Å². The van der Waals surface area contributed by atoms with Crippen LogP contribution in [0, 0.1) is 23.5 Å². The summed E-state index contributed by atoms with van der Waals surface area (Å²) in [5.74, 6) is 0.518. The average molecular weight is 655 g/mol. The van der Waals surface area contributed by atoms with Crippen LogP contribution in [0.5, 0.6) is 0 Å². The van der Waals surface area contributed by atoms with Crippen LogP contribution in [0.2, 0.25) is 10.0 Å². The summed E-state index contributed by atoms with van der Waals surface area (Å²) in [5, 5.41) is 1.57. The van der Waals surface area contributed by atoms with Gasteiger partial charge in [-0.1, -0.05) is 81.3 Å². The standard InChI is InChI=1S/C13H9.C11H17.2C7H5Cl.Zr/c1-3-7-12-10(5-1)9-11-6-2-4-8-13(11)12;1-8-6-9(2)10(7-8)11(3,4)5;2*1-6-2-4-7(8)5-3-6;/h1-5,7-8H,9H2;7-8H,1-5H3;2*1-5H;/q2*-1;;;. The summed E-state index contributed by atoms with van der Waals surface area (Å²) >= 11 is 11.0. The van der Waals surface area contributed by atoms with Gasteiger partial charge in [0.2, 0.25) is 0 Å². The molecule has 0 fully saturated rings. The summed E-state index contributed by atoms with van der Waals surface area (Å²) in [4.78, 5) is 0. The molecule has 41 heavy (non-hydrogen) atoms. The Bertz CT molecular complexity index is 1500. The Morgan fingerprint density at radius 2 is 1.34 bits per heavy atom. The fourth-order valence-corrected chi connectivity index (χ4v) is 7.35. The summed E-state index contributed by atoms with van der Waals surface area (Å²) in [5.41, 5.74) is 11.1. The molecule has 2 aliphatic carbocycles. The minimum atomic E-state index is -0.623. The van der Waals surface area contributed by atoms with Gasteiger partial charge in [0, 0.05) is 0 Å². The quantitative estimate of drug-likeness (QED) is 0.166. The Morgan fingerprint density at radius 3 is 1.85 bits per heavy atom. The molecule has 0 nitrogen and oxygen atoms in total. The number of fused-ring (bicyclic) bond motifs is 3. The van der Waals surface area contributed by atoms with E-state index >= 15 is 0 Å². The van der Waals surface area contributed by atoms with Crippen molar-refractivity contribution in [2.45, 2.75) is 41.0 Å². The summed E-state index contributed by atoms with van der Waals surface area (Å²) < 4.78 is 4.66. The van der Waals surface area contributed by atoms with Crippen LogP contribution in [-0.4, -0.2) is 7.42 Å². The SMILES string of the molecule is CC1=[C-]C(C)C=C1C(C)(C)C.Clc1ccc([CH]=[Zr]=[CH]c2ccc(Cl)cc2)cc1.[c-]1cccc2c1Cc1ccccc1-2. The van der Waals surface area contributed by atoms with E-state index in [0.29, 0.717) is 11.3 Å². The summed E-state index contributed by atoms with van der Waals surface area (Å²) in [6.45, 7) is 11.1. The molecule has 2 aliphatic rings. The third-order valence-electron chi connectivity index (χ3n) is 6.93. The first-order valence-corrected chi connectivity index (χ1v) is 17.5. The number of hydrogen-bond donors (Lipinski definition) is 0. The molecule has 6 rings (SSSR count). The van der Waals surface area contributed by atoms with Crippen molar-refractivity contribution in [2.75, 3.05) is 0 Å². The van der Waals surface area contributed by atoms with Crippen LogP contribution in [0.1, 0.15) is 56.9 Å². The Morgan fingerprint density at radius 1 is 0.780 bits per heavy atom. The van der Waals surface area contributed by atoms with E-state index in [4.69, 9.17) is 23.2 Å². The molecule has 1 unspecified atom stereocenters. The predicted octanol–water partition coefficient (Wildman–Crippen LogP) is 10.5. The van der Waals surface area contributed by atoms with Crippen molar-refractivity contribution in [1.29, 1.82) is 0 Å². The van der Waals surface area contributed by atoms with Crippen LogP contribution < -0.4 is 0 Å². The van der Waals surface area contributed by atoms with Crippen LogP contribution in [-0.2, 0) is 28.7 Å². The van der Waals surface area contributed by atoms with Crippen LogP contribution in [0.4, 0.5) is 0 Å². The van der Waals surface area contributed by atoms with Gasteiger partial charge in [-0.15, -0.1) is 5.56 Å². The van der Waals surface area contributed by atoms with E-state index in [-0.39, 0.29) is 0 Å². The van der Waals surface area contributed by atoms with Crippen LogP contribution in [0.3, 0.4) is 0 Å². The minimum absolute atomic E-state index is 0.293. The molecule has 3 heteroatoms. The van der Waals surface area contributed by atoms with Crippen molar-refractivity contribution in [3.8, 4) is 11.1 Å². The largest absolute Gasteiger partial charge is 0.179 e. The number of benzene rings is 4. The Balaban J connectivity index is 0.000000145. The van der Waals surface area contributed by atoms with Gasteiger partial charge in [0.1, 0.15) is 0 Å². The molecule has 1 atom stereocenters. The van der Waals surface area contributed by atoms with Gasteiger partial charge in [-0.25, -0.2) is 5.57 Å². The monoisotopic (exact) mass is 652 g/mol. The van der Waals surface area contributed by atoms with E-state index in [0.717, 1.165) is 16.5 Å². The number of hydrogen-bond acceptors (Lipinski definition) is 0. The molecular weight excluding hydrogens is 619 g/mol. The zero-order chi connectivity index (χ0) is 29.4. The fourth-order valence-electron chi connectivity index (χ4n) is 5.00. The van der Waals surface area contributed by atoms with Crippen molar-refractivity contribution in [3.63, 3.8) is 0 Å². The van der Waals surface area contributed by atoms with E-state index in [1.54, 1.807) is 0 Å². The first-order valence-electron chi connectivity index (χ1n) is 13.9. The zero-order valence-electron chi connectivity index (χ0n) is 24.4. The molecule has 0 saturated heterocycles. The normalized spacial score (nSPS) is 14.6. The zero-order valence-corrected chi connectivity index (χ0v) is 28.4. The van der Waals surface area contributed by atoms with Crippen molar-refractivity contribution < 1.29 is 22.3 Å². The van der Waals surface area contributed by atoms with Crippen LogP contribution in [0.15, 0.2) is 108 Å². The Labute approximate surface area is 267 Å². The van der Waals surface area contributed by atoms with Crippen molar-refractivity contribution in [3.05, 3.63) is 153 Å². The maximum Gasteiger partial charge on any atom is -0.0253 e. The molecule has 0 amide bonds. The van der Waals surface area contributed by atoms with Crippen molar-refractivity contribution in [2.24, 2.45) is 11.3 Å². The van der Waals surface area contributed by atoms with E-state index in [1.807, 2.05) is 30.3 Å². The fraction of sp³-hybridized carbons (Fsp3) is 0.211. The molecule has 4 aromatic rings. The molecular formula is C38H36Cl2Zr-2. The average Bonchev–Trinajstić information content (AvgIpc) is 3.50. The third-order valence-corrected chi connectivity index (χ3v) is 9.89. The van der Waals surface area contributed by atoms with Gasteiger partial charge in [-0.3, -0.25) is 6.08 Å². The van der Waals surface area contributed by atoms with E-state index in [1.165, 1.54) is 44.5 Å². The van der Waals surface area contributed by atoms with Gasteiger partial charge in [-0.05, 0) is 6.42 Å². The minimum Gasteiger partial charge on any atom is -0.179 e. The van der Waals surface area contributed by atoms with Crippen molar-refractivity contribution in [1.82, 2.24) is 0 Å².